The van der Waals surface area contributed by atoms with Crippen LogP contribution >= 0.6 is 0 Å². The van der Waals surface area contributed by atoms with Crippen molar-refractivity contribution in [2.45, 2.75) is 122 Å². The molecule has 8 heteroatoms. The highest BCUT2D eigenvalue weighted by atomic mass is 16.5. The Morgan fingerprint density at radius 3 is 2.33 bits per heavy atom. The van der Waals surface area contributed by atoms with Gasteiger partial charge in [0.25, 0.3) is 0 Å². The number of allylic oxidation sites excluding steroid dienone is 1. The fourth-order valence-electron chi connectivity index (χ4n) is 6.86. The zero-order valence-electron chi connectivity index (χ0n) is 27.7. The lowest BCUT2D eigenvalue weighted by atomic mass is 10.1. The lowest BCUT2D eigenvalue weighted by Crippen LogP contribution is -2.44. The summed E-state index contributed by atoms with van der Waals surface area (Å²) >= 11 is 0. The summed E-state index contributed by atoms with van der Waals surface area (Å²) < 4.78 is 6.44. The normalized spacial score (nSPS) is 24.6. The first-order chi connectivity index (χ1) is 20.4. The zero-order chi connectivity index (χ0) is 30.2. The number of carbonyl (C=O) groups is 2. The molecular formula is C34H63N5O3. The van der Waals surface area contributed by atoms with Crippen molar-refractivity contribution < 1.29 is 14.3 Å². The number of amides is 2. The molecule has 0 aliphatic carbocycles. The van der Waals surface area contributed by atoms with E-state index in [1.165, 1.54) is 69.4 Å². The molecular weight excluding hydrogens is 526 g/mol. The molecule has 3 heterocycles. The Kier molecular flexibility index (Phi) is 16.3. The standard InChI is InChI=1S/C34H63N5O3/c1-30(19-25-37-21-9-6-10-22-37)31(2)36(4)33-18-17-32(15-8-11-20-35(33)3)42-28-14-5-7-16-34(41)39-24-13-12-23-38(29-40)26-27-39/h29,32-33H,5-28H2,1-4H3/b31-30+. The van der Waals surface area contributed by atoms with Crippen molar-refractivity contribution in [2.24, 2.45) is 0 Å². The van der Waals surface area contributed by atoms with Crippen LogP contribution in [0.2, 0.25) is 0 Å². The van der Waals surface area contributed by atoms with E-state index in [0.717, 1.165) is 84.0 Å². The molecule has 0 N–H and O–H groups in total. The predicted molar refractivity (Wildman–Crippen MR) is 172 cm³/mol. The van der Waals surface area contributed by atoms with E-state index in [9.17, 15) is 9.59 Å². The molecule has 3 rings (SSSR count). The Balaban J connectivity index is 1.37. The zero-order valence-corrected chi connectivity index (χ0v) is 27.7. The highest BCUT2D eigenvalue weighted by Crippen LogP contribution is 2.24. The minimum absolute atomic E-state index is 0.241. The van der Waals surface area contributed by atoms with Crippen LogP contribution in [0, 0.1) is 0 Å². The molecule has 42 heavy (non-hydrogen) atoms. The average molecular weight is 590 g/mol. The molecule has 0 spiro atoms. The highest BCUT2D eigenvalue weighted by Gasteiger charge is 2.25. The van der Waals surface area contributed by atoms with Gasteiger partial charge in [0.05, 0.1) is 12.3 Å². The minimum Gasteiger partial charge on any atom is -0.378 e. The molecule has 0 saturated carbocycles. The minimum atomic E-state index is 0.241. The van der Waals surface area contributed by atoms with Gasteiger partial charge in [0, 0.05) is 58.5 Å². The van der Waals surface area contributed by atoms with Crippen LogP contribution in [0.3, 0.4) is 0 Å². The first-order valence-electron chi connectivity index (χ1n) is 17.3. The molecule has 3 aliphatic heterocycles. The molecule has 0 bridgehead atoms. The summed E-state index contributed by atoms with van der Waals surface area (Å²) in [7, 11) is 4.59. The van der Waals surface area contributed by atoms with Crippen molar-refractivity contribution in [2.75, 3.05) is 73.1 Å². The first-order valence-corrected chi connectivity index (χ1v) is 17.3. The van der Waals surface area contributed by atoms with E-state index in [0.29, 0.717) is 31.8 Å². The van der Waals surface area contributed by atoms with Crippen molar-refractivity contribution in [3.05, 3.63) is 11.3 Å². The molecule has 3 fully saturated rings. The summed E-state index contributed by atoms with van der Waals surface area (Å²) in [5, 5.41) is 0. The van der Waals surface area contributed by atoms with Crippen LogP contribution in [-0.2, 0) is 14.3 Å². The Morgan fingerprint density at radius 1 is 0.810 bits per heavy atom. The number of likely N-dealkylation sites (tertiary alicyclic amines) is 1. The number of rotatable bonds is 13. The van der Waals surface area contributed by atoms with Crippen LogP contribution < -0.4 is 0 Å². The summed E-state index contributed by atoms with van der Waals surface area (Å²) in [6, 6.07) is 0. The van der Waals surface area contributed by atoms with Crippen LogP contribution in [0.15, 0.2) is 11.3 Å². The van der Waals surface area contributed by atoms with E-state index in [1.807, 2.05) is 4.90 Å². The monoisotopic (exact) mass is 589 g/mol. The molecule has 8 nitrogen and oxygen atoms in total. The molecule has 2 unspecified atom stereocenters. The summed E-state index contributed by atoms with van der Waals surface area (Å²) in [6.45, 7) is 13.3. The van der Waals surface area contributed by atoms with Gasteiger partial charge in [-0.3, -0.25) is 14.5 Å². The Bertz CT molecular complexity index is 815. The quantitative estimate of drug-likeness (QED) is 0.214. The van der Waals surface area contributed by atoms with Gasteiger partial charge in [0.15, 0.2) is 0 Å². The van der Waals surface area contributed by atoms with Crippen molar-refractivity contribution in [3.63, 3.8) is 0 Å². The van der Waals surface area contributed by atoms with Crippen LogP contribution in [-0.4, -0.2) is 122 Å². The molecule has 242 valence electrons. The molecule has 0 aromatic rings. The van der Waals surface area contributed by atoms with E-state index in [4.69, 9.17) is 4.74 Å². The molecule has 2 amide bonds. The topological polar surface area (TPSA) is 59.6 Å². The second-order valence-corrected chi connectivity index (χ2v) is 13.2. The second kappa shape index (κ2) is 19.6. The van der Waals surface area contributed by atoms with Crippen molar-refractivity contribution in [1.82, 2.24) is 24.5 Å². The van der Waals surface area contributed by atoms with Crippen molar-refractivity contribution in [3.8, 4) is 0 Å². The number of unbranched alkanes of at least 4 members (excludes halogenated alkanes) is 2. The van der Waals surface area contributed by atoms with Crippen LogP contribution in [0.25, 0.3) is 0 Å². The summed E-state index contributed by atoms with van der Waals surface area (Å²) in [5.41, 5.74) is 2.96. The van der Waals surface area contributed by atoms with E-state index in [2.05, 4.69) is 42.6 Å². The average Bonchev–Trinajstić information content (AvgIpc) is 3.07. The third kappa shape index (κ3) is 12.2. The highest BCUT2D eigenvalue weighted by molar-refractivity contribution is 5.76. The maximum Gasteiger partial charge on any atom is 0.222 e. The first kappa shape index (κ1) is 34.8. The van der Waals surface area contributed by atoms with Crippen LogP contribution in [0.1, 0.15) is 110 Å². The lowest BCUT2D eigenvalue weighted by molar-refractivity contribution is -0.133. The lowest BCUT2D eigenvalue weighted by Gasteiger charge is -2.38. The van der Waals surface area contributed by atoms with Gasteiger partial charge in [-0.25, -0.2) is 0 Å². The number of hydrogen-bond acceptors (Lipinski definition) is 6. The maximum absolute atomic E-state index is 12.7. The molecule has 0 radical (unpaired) electrons. The van der Waals surface area contributed by atoms with E-state index >= 15 is 0 Å². The number of ether oxygens (including phenoxy) is 1. The van der Waals surface area contributed by atoms with Gasteiger partial charge in [-0.05, 0) is 118 Å². The molecule has 3 saturated heterocycles. The van der Waals surface area contributed by atoms with Crippen molar-refractivity contribution in [1.29, 1.82) is 0 Å². The Labute approximate surface area is 257 Å². The Hall–Kier alpha value is -1.64. The van der Waals surface area contributed by atoms with E-state index in [1.54, 1.807) is 4.90 Å². The SMILES string of the molecule is C/C(CCN1CCCCC1)=C(/C)N(C)C1CCC(OCCCCCC(=O)N2CCCCN(C=O)CC2)CCCCN1C. The van der Waals surface area contributed by atoms with Crippen LogP contribution in [0.5, 0.6) is 0 Å². The van der Waals surface area contributed by atoms with Gasteiger partial charge in [-0.2, -0.15) is 0 Å². The molecule has 3 aliphatic rings. The van der Waals surface area contributed by atoms with Gasteiger partial charge in [0.1, 0.15) is 0 Å². The summed E-state index contributed by atoms with van der Waals surface area (Å²) in [4.78, 5) is 35.3. The number of piperidine rings is 1. The Morgan fingerprint density at radius 2 is 1.55 bits per heavy atom. The third-order valence-electron chi connectivity index (χ3n) is 10.1. The van der Waals surface area contributed by atoms with Crippen molar-refractivity contribution >= 4 is 12.3 Å². The van der Waals surface area contributed by atoms with E-state index in [-0.39, 0.29) is 5.91 Å². The molecule has 0 aromatic heterocycles. The summed E-state index contributed by atoms with van der Waals surface area (Å²) in [6.07, 6.45) is 18.3. The van der Waals surface area contributed by atoms with Gasteiger partial charge >= 0.3 is 0 Å². The molecule has 2 atom stereocenters. The smallest absolute Gasteiger partial charge is 0.222 e. The molecule has 0 aromatic carbocycles. The largest absolute Gasteiger partial charge is 0.378 e. The van der Waals surface area contributed by atoms with Gasteiger partial charge in [-0.1, -0.05) is 18.4 Å². The maximum atomic E-state index is 12.7. The number of nitrogens with zero attached hydrogens (tertiary/aromatic N) is 5. The van der Waals surface area contributed by atoms with Gasteiger partial charge in [-0.15, -0.1) is 0 Å². The summed E-state index contributed by atoms with van der Waals surface area (Å²) in [5.74, 6) is 0.241. The second-order valence-electron chi connectivity index (χ2n) is 13.2. The third-order valence-corrected chi connectivity index (χ3v) is 10.1. The number of carbonyl (C=O) groups excluding carboxylic acids is 2. The van der Waals surface area contributed by atoms with Gasteiger partial charge < -0.3 is 24.3 Å². The van der Waals surface area contributed by atoms with Gasteiger partial charge in [0.2, 0.25) is 12.3 Å². The fourth-order valence-corrected chi connectivity index (χ4v) is 6.86. The van der Waals surface area contributed by atoms with Crippen LogP contribution in [0.4, 0.5) is 0 Å². The number of hydrogen-bond donors (Lipinski definition) is 0. The predicted octanol–water partition coefficient (Wildman–Crippen LogP) is 5.34. The fraction of sp³-hybridized carbons (Fsp3) is 0.882. The van der Waals surface area contributed by atoms with E-state index < -0.39 is 0 Å².